The Morgan fingerprint density at radius 1 is 1.19 bits per heavy atom. The molecule has 1 amide bonds. The van der Waals surface area contributed by atoms with Gasteiger partial charge in [0.15, 0.2) is 23.9 Å². The molecule has 0 unspecified atom stereocenters. The van der Waals surface area contributed by atoms with Crippen LogP contribution in [0.5, 0.6) is 17.2 Å². The highest BCUT2D eigenvalue weighted by atomic mass is 19.3. The van der Waals surface area contributed by atoms with Gasteiger partial charge in [-0.3, -0.25) is 4.79 Å². The van der Waals surface area contributed by atoms with Crippen LogP contribution in [0.25, 0.3) is 5.52 Å². The van der Waals surface area contributed by atoms with Gasteiger partial charge in [-0.2, -0.15) is 5.10 Å². The Hall–Kier alpha value is -3.63. The van der Waals surface area contributed by atoms with Gasteiger partial charge in [0.1, 0.15) is 11.3 Å². The quantitative estimate of drug-likeness (QED) is 0.604. The maximum atomic E-state index is 13.1. The highest BCUT2D eigenvalue weighted by molar-refractivity contribution is 5.80. The minimum Gasteiger partial charge on any atom is -0.484 e. The van der Waals surface area contributed by atoms with Crippen LogP contribution in [0.3, 0.4) is 0 Å². The standard InChI is InChI=1S/C21H19F2N5O4/c1-12-6-14-18(24-4-5-28(14)27-12)26-20-9-19(10-20,11-20)25-17(29)8-30-13-2-3-15-16(7-13)32-21(22,23)31-15/h2-7H,8-11H2,1H3,(H,24,26)(H,25,29). The lowest BCUT2D eigenvalue weighted by Crippen LogP contribution is -2.81. The number of alkyl halides is 2. The number of rotatable bonds is 6. The average Bonchev–Trinajstić information content (AvgIpc) is 3.20. The van der Waals surface area contributed by atoms with Crippen molar-refractivity contribution in [1.29, 1.82) is 0 Å². The summed E-state index contributed by atoms with van der Waals surface area (Å²) >= 11 is 0. The summed E-state index contributed by atoms with van der Waals surface area (Å²) in [7, 11) is 0. The molecule has 0 saturated heterocycles. The van der Waals surface area contributed by atoms with Crippen molar-refractivity contribution in [3.63, 3.8) is 0 Å². The van der Waals surface area contributed by atoms with Crippen molar-refractivity contribution in [3.05, 3.63) is 42.4 Å². The maximum Gasteiger partial charge on any atom is 0.586 e. The van der Waals surface area contributed by atoms with E-state index in [9.17, 15) is 13.6 Å². The Kier molecular flexibility index (Phi) is 3.70. The van der Waals surface area contributed by atoms with Crippen LogP contribution in [0.2, 0.25) is 0 Å². The average molecular weight is 443 g/mol. The van der Waals surface area contributed by atoms with Crippen molar-refractivity contribution in [2.75, 3.05) is 11.9 Å². The number of aromatic nitrogens is 3. The molecule has 11 heteroatoms. The van der Waals surface area contributed by atoms with Gasteiger partial charge in [-0.15, -0.1) is 8.78 Å². The topological polar surface area (TPSA) is 99.0 Å². The number of benzene rings is 1. The van der Waals surface area contributed by atoms with Gasteiger partial charge in [0.2, 0.25) is 0 Å². The van der Waals surface area contributed by atoms with Crippen LogP contribution >= 0.6 is 0 Å². The molecule has 32 heavy (non-hydrogen) atoms. The monoisotopic (exact) mass is 443 g/mol. The number of carbonyl (C=O) groups excluding carboxylic acids is 1. The van der Waals surface area contributed by atoms with Crippen molar-refractivity contribution in [2.24, 2.45) is 0 Å². The summed E-state index contributed by atoms with van der Waals surface area (Å²) in [4.78, 5) is 16.8. The van der Waals surface area contributed by atoms with Crippen molar-refractivity contribution >= 4 is 17.2 Å². The first-order valence-corrected chi connectivity index (χ1v) is 10.2. The second-order valence-electron chi connectivity index (χ2n) is 8.72. The number of ether oxygens (including phenoxy) is 3. The smallest absolute Gasteiger partial charge is 0.484 e. The lowest BCUT2D eigenvalue weighted by molar-refractivity contribution is -0.286. The zero-order valence-electron chi connectivity index (χ0n) is 17.0. The molecule has 2 bridgehead atoms. The van der Waals surface area contributed by atoms with Crippen LogP contribution in [0.4, 0.5) is 14.6 Å². The zero-order chi connectivity index (χ0) is 22.1. The number of nitrogens with zero attached hydrogens (tertiary/aromatic N) is 3. The van der Waals surface area contributed by atoms with E-state index in [1.807, 2.05) is 19.2 Å². The predicted molar refractivity (Wildman–Crippen MR) is 107 cm³/mol. The fourth-order valence-corrected chi connectivity index (χ4v) is 4.94. The number of fused-ring (bicyclic) bond motifs is 2. The molecule has 2 aromatic heterocycles. The van der Waals surface area contributed by atoms with E-state index in [4.69, 9.17) is 4.74 Å². The van der Waals surface area contributed by atoms with E-state index >= 15 is 0 Å². The fraction of sp³-hybridized carbons (Fsp3) is 0.381. The summed E-state index contributed by atoms with van der Waals surface area (Å²) in [6.07, 6.45) is 2.20. The summed E-state index contributed by atoms with van der Waals surface area (Å²) in [5.41, 5.74) is 1.51. The van der Waals surface area contributed by atoms with E-state index in [0.717, 1.165) is 36.3 Å². The number of hydrogen-bond acceptors (Lipinski definition) is 7. The molecule has 0 atom stereocenters. The molecule has 166 valence electrons. The van der Waals surface area contributed by atoms with Gasteiger partial charge in [0, 0.05) is 29.5 Å². The molecule has 3 saturated carbocycles. The van der Waals surface area contributed by atoms with Crippen molar-refractivity contribution in [2.45, 2.75) is 43.6 Å². The normalized spacial score (nSPS) is 26.2. The van der Waals surface area contributed by atoms with E-state index in [1.165, 1.54) is 18.2 Å². The lowest BCUT2D eigenvalue weighted by atomic mass is 9.44. The first kappa shape index (κ1) is 19.1. The Morgan fingerprint density at radius 2 is 1.97 bits per heavy atom. The van der Waals surface area contributed by atoms with E-state index < -0.39 is 6.29 Å². The van der Waals surface area contributed by atoms with Gasteiger partial charge >= 0.3 is 6.29 Å². The minimum absolute atomic E-state index is 0.0743. The Labute approximate surface area is 180 Å². The van der Waals surface area contributed by atoms with E-state index in [2.05, 4.69) is 30.2 Å². The third kappa shape index (κ3) is 3.07. The maximum absolute atomic E-state index is 13.1. The van der Waals surface area contributed by atoms with E-state index in [0.29, 0.717) is 0 Å². The molecule has 0 spiro atoms. The second kappa shape index (κ2) is 6.21. The Morgan fingerprint density at radius 3 is 2.78 bits per heavy atom. The first-order chi connectivity index (χ1) is 15.2. The van der Waals surface area contributed by atoms with Gasteiger partial charge < -0.3 is 24.8 Å². The molecule has 7 rings (SSSR count). The molecule has 2 N–H and O–H groups in total. The molecule has 1 aromatic carbocycles. The van der Waals surface area contributed by atoms with Gasteiger partial charge in [-0.25, -0.2) is 9.50 Å². The molecular weight excluding hydrogens is 424 g/mol. The largest absolute Gasteiger partial charge is 0.586 e. The third-order valence-corrected chi connectivity index (χ3v) is 6.07. The van der Waals surface area contributed by atoms with Crippen molar-refractivity contribution < 1.29 is 27.8 Å². The molecule has 3 heterocycles. The summed E-state index contributed by atoms with van der Waals surface area (Å²) in [5.74, 6) is 0.552. The number of nitrogens with one attached hydrogen (secondary N) is 2. The van der Waals surface area contributed by atoms with Crippen LogP contribution in [-0.2, 0) is 4.79 Å². The summed E-state index contributed by atoms with van der Waals surface area (Å²) in [6, 6.07) is 6.02. The Balaban J connectivity index is 1.03. The molecule has 3 fully saturated rings. The summed E-state index contributed by atoms with van der Waals surface area (Å²) in [6.45, 7) is 1.71. The molecule has 0 radical (unpaired) electrons. The number of aryl methyl sites for hydroxylation is 1. The molecule has 9 nitrogen and oxygen atoms in total. The van der Waals surface area contributed by atoms with Crippen molar-refractivity contribution in [3.8, 4) is 17.2 Å². The van der Waals surface area contributed by atoms with Gasteiger partial charge in [0.05, 0.1) is 5.69 Å². The highest BCUT2D eigenvalue weighted by Crippen LogP contribution is 2.61. The molecule has 1 aliphatic heterocycles. The summed E-state index contributed by atoms with van der Waals surface area (Å²) in [5, 5.41) is 10.9. The van der Waals surface area contributed by atoms with Crippen molar-refractivity contribution in [1.82, 2.24) is 19.9 Å². The zero-order valence-corrected chi connectivity index (χ0v) is 17.0. The number of anilines is 1. The number of halogens is 2. The minimum atomic E-state index is -3.69. The molecule has 4 aliphatic rings. The van der Waals surface area contributed by atoms with Crippen LogP contribution in [0, 0.1) is 6.92 Å². The number of carbonyl (C=O) groups is 1. The SMILES string of the molecule is Cc1cc2c(NC34CC(NC(=O)COc5ccc6c(c5)OC(F)(F)O6)(C3)C4)nccn2n1. The van der Waals surface area contributed by atoms with E-state index in [-0.39, 0.29) is 40.8 Å². The lowest BCUT2D eigenvalue weighted by Gasteiger charge is -2.70. The van der Waals surface area contributed by atoms with E-state index in [1.54, 1.807) is 10.7 Å². The Bertz CT molecular complexity index is 1240. The summed E-state index contributed by atoms with van der Waals surface area (Å²) < 4.78 is 42.2. The molecule has 3 aromatic rings. The fourth-order valence-electron chi connectivity index (χ4n) is 4.94. The number of amides is 1. The third-order valence-electron chi connectivity index (χ3n) is 6.07. The molecular formula is C21H19F2N5O4. The van der Waals surface area contributed by atoms with Gasteiger partial charge in [0.25, 0.3) is 5.91 Å². The van der Waals surface area contributed by atoms with Crippen LogP contribution in [-0.4, -0.2) is 44.5 Å². The van der Waals surface area contributed by atoms with Crippen LogP contribution in [0.1, 0.15) is 25.0 Å². The van der Waals surface area contributed by atoms with Crippen LogP contribution in [0.15, 0.2) is 36.7 Å². The van der Waals surface area contributed by atoms with Crippen LogP contribution < -0.4 is 24.8 Å². The first-order valence-electron chi connectivity index (χ1n) is 10.2. The predicted octanol–water partition coefficient (Wildman–Crippen LogP) is 2.64. The second-order valence-corrected chi connectivity index (χ2v) is 8.72. The highest BCUT2D eigenvalue weighted by Gasteiger charge is 2.69. The number of hydrogen-bond donors (Lipinski definition) is 2. The molecule has 3 aliphatic carbocycles. The van der Waals surface area contributed by atoms with Gasteiger partial charge in [-0.05, 0) is 44.4 Å². The van der Waals surface area contributed by atoms with Gasteiger partial charge in [-0.1, -0.05) is 0 Å².